The topological polar surface area (TPSA) is 47.6 Å². The number of hydrogen-bond acceptors (Lipinski definition) is 3. The first kappa shape index (κ1) is 18.9. The van der Waals surface area contributed by atoms with E-state index in [2.05, 4.69) is 5.32 Å². The van der Waals surface area contributed by atoms with Crippen LogP contribution in [0, 0.1) is 6.92 Å². The summed E-state index contributed by atoms with van der Waals surface area (Å²) in [5.41, 5.74) is -0.0984. The fourth-order valence-corrected chi connectivity index (χ4v) is 2.19. The third-order valence-corrected chi connectivity index (χ3v) is 3.58. The van der Waals surface area contributed by atoms with Crippen molar-refractivity contribution in [1.29, 1.82) is 0 Å². The quantitative estimate of drug-likeness (QED) is 0.826. The standard InChI is InChI=1S/C17H15ClF3NO3/c1-10-3-6-14(15(7-10)24-2)25-9-16(23)22-13-8-11(17(19,20)21)4-5-12(13)18/h3-8H,9H2,1-2H3,(H,22,23). The second kappa shape index (κ2) is 7.65. The van der Waals surface area contributed by atoms with Gasteiger partial charge in [-0.2, -0.15) is 13.2 Å². The number of anilines is 1. The highest BCUT2D eigenvalue weighted by Crippen LogP contribution is 2.34. The third-order valence-electron chi connectivity index (χ3n) is 3.25. The number of alkyl halides is 3. The second-order valence-corrected chi connectivity index (χ2v) is 5.59. The van der Waals surface area contributed by atoms with Crippen LogP contribution in [0.15, 0.2) is 36.4 Å². The molecule has 0 heterocycles. The van der Waals surface area contributed by atoms with Crippen molar-refractivity contribution < 1.29 is 27.4 Å². The zero-order valence-corrected chi connectivity index (χ0v) is 14.2. The summed E-state index contributed by atoms with van der Waals surface area (Å²) in [5, 5.41) is 2.30. The lowest BCUT2D eigenvalue weighted by Crippen LogP contribution is -2.21. The van der Waals surface area contributed by atoms with Crippen molar-refractivity contribution in [3.63, 3.8) is 0 Å². The van der Waals surface area contributed by atoms with E-state index in [1.807, 2.05) is 6.92 Å². The Morgan fingerprint density at radius 1 is 1.16 bits per heavy atom. The molecule has 0 aliphatic carbocycles. The zero-order valence-electron chi connectivity index (χ0n) is 13.4. The molecule has 0 unspecified atom stereocenters. The van der Waals surface area contributed by atoms with Gasteiger partial charge in [0.25, 0.3) is 5.91 Å². The van der Waals surface area contributed by atoms with Crippen LogP contribution in [0.5, 0.6) is 11.5 Å². The predicted molar refractivity (Wildman–Crippen MR) is 88.3 cm³/mol. The smallest absolute Gasteiger partial charge is 0.416 e. The number of amides is 1. The van der Waals surface area contributed by atoms with Crippen molar-refractivity contribution in [1.82, 2.24) is 0 Å². The minimum absolute atomic E-state index is 0.00531. The second-order valence-electron chi connectivity index (χ2n) is 5.18. The van der Waals surface area contributed by atoms with Crippen molar-refractivity contribution in [2.24, 2.45) is 0 Å². The number of benzene rings is 2. The van der Waals surface area contributed by atoms with Crippen molar-refractivity contribution in [2.45, 2.75) is 13.1 Å². The Balaban J connectivity index is 2.06. The molecule has 0 fully saturated rings. The first-order chi connectivity index (χ1) is 11.7. The molecule has 1 N–H and O–H groups in total. The molecule has 1 amide bonds. The molecule has 0 aliphatic heterocycles. The molecule has 2 rings (SSSR count). The summed E-state index contributed by atoms with van der Waals surface area (Å²) in [5.74, 6) is 0.146. The number of ether oxygens (including phenoxy) is 2. The molecule has 0 saturated heterocycles. The maximum atomic E-state index is 12.7. The van der Waals surface area contributed by atoms with E-state index in [-0.39, 0.29) is 10.7 Å². The van der Waals surface area contributed by atoms with Crippen molar-refractivity contribution in [3.8, 4) is 11.5 Å². The van der Waals surface area contributed by atoms with Crippen LogP contribution < -0.4 is 14.8 Å². The summed E-state index contributed by atoms with van der Waals surface area (Å²) >= 11 is 5.83. The highest BCUT2D eigenvalue weighted by molar-refractivity contribution is 6.33. The predicted octanol–water partition coefficient (Wildman–Crippen LogP) is 4.69. The Hall–Kier alpha value is -2.41. The Kier molecular flexibility index (Phi) is 5.79. The van der Waals surface area contributed by atoms with E-state index >= 15 is 0 Å². The zero-order chi connectivity index (χ0) is 18.6. The van der Waals surface area contributed by atoms with Gasteiger partial charge in [-0.25, -0.2) is 0 Å². The van der Waals surface area contributed by atoms with Gasteiger partial charge in [0.2, 0.25) is 0 Å². The van der Waals surface area contributed by atoms with Crippen molar-refractivity contribution >= 4 is 23.2 Å². The van der Waals surface area contributed by atoms with Gasteiger partial charge in [0.05, 0.1) is 23.4 Å². The van der Waals surface area contributed by atoms with E-state index in [1.165, 1.54) is 7.11 Å². The summed E-state index contributed by atoms with van der Waals surface area (Å²) in [6.45, 7) is 1.46. The Bertz CT molecular complexity index is 778. The number of methoxy groups -OCH3 is 1. The van der Waals surface area contributed by atoms with E-state index in [9.17, 15) is 18.0 Å². The van der Waals surface area contributed by atoms with Gasteiger partial charge in [0.1, 0.15) is 0 Å². The van der Waals surface area contributed by atoms with Gasteiger partial charge in [-0.15, -0.1) is 0 Å². The van der Waals surface area contributed by atoms with Crippen LogP contribution in [-0.4, -0.2) is 19.6 Å². The minimum atomic E-state index is -4.53. The van der Waals surface area contributed by atoms with Crippen molar-refractivity contribution in [2.75, 3.05) is 19.0 Å². The van der Waals surface area contributed by atoms with Crippen LogP contribution in [0.2, 0.25) is 5.02 Å². The van der Waals surface area contributed by atoms with Gasteiger partial charge in [0.15, 0.2) is 18.1 Å². The number of carbonyl (C=O) groups excluding carboxylic acids is 1. The average molecular weight is 374 g/mol. The molecule has 0 spiro atoms. The lowest BCUT2D eigenvalue weighted by atomic mass is 10.2. The molecule has 2 aromatic rings. The molecule has 0 radical (unpaired) electrons. The van der Waals surface area contributed by atoms with Crippen LogP contribution >= 0.6 is 11.6 Å². The highest BCUT2D eigenvalue weighted by atomic mass is 35.5. The SMILES string of the molecule is COc1cc(C)ccc1OCC(=O)Nc1cc(C(F)(F)F)ccc1Cl. The molecule has 134 valence electrons. The average Bonchev–Trinajstić information content (AvgIpc) is 2.54. The first-order valence-corrected chi connectivity index (χ1v) is 7.52. The third kappa shape index (κ3) is 5.03. The lowest BCUT2D eigenvalue weighted by molar-refractivity contribution is -0.137. The lowest BCUT2D eigenvalue weighted by Gasteiger charge is -2.13. The number of carbonyl (C=O) groups is 1. The fraction of sp³-hybridized carbons (Fsp3) is 0.235. The fourth-order valence-electron chi connectivity index (χ4n) is 2.02. The summed E-state index contributed by atoms with van der Waals surface area (Å²) in [4.78, 5) is 11.9. The first-order valence-electron chi connectivity index (χ1n) is 7.14. The molecular weight excluding hydrogens is 359 g/mol. The molecule has 0 atom stereocenters. The Morgan fingerprint density at radius 2 is 1.88 bits per heavy atom. The normalized spacial score (nSPS) is 11.1. The number of hydrogen-bond donors (Lipinski definition) is 1. The molecule has 0 bridgehead atoms. The number of nitrogens with one attached hydrogen (secondary N) is 1. The molecule has 0 aliphatic rings. The number of rotatable bonds is 5. The molecule has 2 aromatic carbocycles. The van der Waals surface area contributed by atoms with Crippen LogP contribution in [0.25, 0.3) is 0 Å². The van der Waals surface area contributed by atoms with Gasteiger partial charge in [-0.3, -0.25) is 4.79 Å². The van der Waals surface area contributed by atoms with E-state index in [0.717, 1.165) is 23.8 Å². The van der Waals surface area contributed by atoms with Gasteiger partial charge in [-0.05, 0) is 42.8 Å². The molecule has 8 heteroatoms. The summed E-state index contributed by atoms with van der Waals surface area (Å²) in [6.07, 6.45) is -4.53. The largest absolute Gasteiger partial charge is 0.493 e. The van der Waals surface area contributed by atoms with Gasteiger partial charge in [0, 0.05) is 0 Å². The van der Waals surface area contributed by atoms with Crippen molar-refractivity contribution in [3.05, 3.63) is 52.5 Å². The molecule has 25 heavy (non-hydrogen) atoms. The molecular formula is C17H15ClF3NO3. The Morgan fingerprint density at radius 3 is 2.52 bits per heavy atom. The summed E-state index contributed by atoms with van der Waals surface area (Å²) < 4.78 is 48.7. The Labute approximate surface area is 147 Å². The highest BCUT2D eigenvalue weighted by Gasteiger charge is 2.31. The van der Waals surface area contributed by atoms with E-state index in [1.54, 1.807) is 18.2 Å². The van der Waals surface area contributed by atoms with Crippen LogP contribution in [0.4, 0.5) is 18.9 Å². The maximum absolute atomic E-state index is 12.7. The van der Waals surface area contributed by atoms with Crippen LogP contribution in [0.1, 0.15) is 11.1 Å². The summed E-state index contributed by atoms with van der Waals surface area (Å²) in [7, 11) is 1.46. The van der Waals surface area contributed by atoms with Gasteiger partial charge in [-0.1, -0.05) is 17.7 Å². The van der Waals surface area contributed by atoms with E-state index < -0.39 is 24.3 Å². The van der Waals surface area contributed by atoms with Crippen LogP contribution in [0.3, 0.4) is 0 Å². The van der Waals surface area contributed by atoms with E-state index in [0.29, 0.717) is 11.5 Å². The van der Waals surface area contributed by atoms with E-state index in [4.69, 9.17) is 21.1 Å². The number of aryl methyl sites for hydroxylation is 1. The maximum Gasteiger partial charge on any atom is 0.416 e. The van der Waals surface area contributed by atoms with Gasteiger partial charge < -0.3 is 14.8 Å². The molecule has 4 nitrogen and oxygen atoms in total. The monoisotopic (exact) mass is 373 g/mol. The number of halogens is 4. The summed E-state index contributed by atoms with van der Waals surface area (Å²) in [6, 6.07) is 7.83. The van der Waals surface area contributed by atoms with Gasteiger partial charge >= 0.3 is 6.18 Å². The van der Waals surface area contributed by atoms with Crippen LogP contribution in [-0.2, 0) is 11.0 Å². The molecule has 0 saturated carbocycles. The minimum Gasteiger partial charge on any atom is -0.493 e. The molecule has 0 aromatic heterocycles.